The lowest BCUT2D eigenvalue weighted by molar-refractivity contribution is 0.391. The molecule has 0 saturated heterocycles. The molecule has 0 spiro atoms. The van der Waals surface area contributed by atoms with E-state index < -0.39 is 0 Å². The lowest BCUT2D eigenvalue weighted by Gasteiger charge is -2.31. The Bertz CT molecular complexity index is 793. The van der Waals surface area contributed by atoms with E-state index in [1.54, 1.807) is 0 Å². The number of nitrogens with zero attached hydrogens (tertiary/aromatic N) is 2. The van der Waals surface area contributed by atoms with Crippen LogP contribution in [0.2, 0.25) is 0 Å². The monoisotopic (exact) mass is 362 g/mol. The van der Waals surface area contributed by atoms with E-state index in [4.69, 9.17) is 11.0 Å². The maximum atomic E-state index is 8.69. The molecule has 0 saturated carbocycles. The standard InChI is InChI=1S/C23H30N4/c1-4-20-9-8-18(2)23(16-20)21-7-5-14-27(17-21)22(10-12-25)15-19(3)26-13-6-11-24/h4,7-10,15-16,26H,1,5-6,12-14,17,25H2,2-3H3/b19-15+,22-10+. The maximum Gasteiger partial charge on any atom is 0.0640 e. The number of nitriles is 1. The predicted molar refractivity (Wildman–Crippen MR) is 115 cm³/mol. The van der Waals surface area contributed by atoms with Crippen LogP contribution in [0, 0.1) is 18.3 Å². The molecule has 1 aliphatic heterocycles. The van der Waals surface area contributed by atoms with Crippen LogP contribution in [0.15, 0.2) is 54.4 Å². The molecule has 142 valence electrons. The second-order valence-electron chi connectivity index (χ2n) is 6.75. The number of nitrogens with two attached hydrogens (primary N) is 1. The molecule has 0 fully saturated rings. The Morgan fingerprint density at radius 3 is 2.96 bits per heavy atom. The Morgan fingerprint density at radius 1 is 1.44 bits per heavy atom. The van der Waals surface area contributed by atoms with E-state index in [1.165, 1.54) is 16.7 Å². The van der Waals surface area contributed by atoms with E-state index in [9.17, 15) is 0 Å². The van der Waals surface area contributed by atoms with Crippen molar-refractivity contribution in [3.05, 3.63) is 71.1 Å². The summed E-state index contributed by atoms with van der Waals surface area (Å²) in [7, 11) is 0. The van der Waals surface area contributed by atoms with Gasteiger partial charge in [0.25, 0.3) is 0 Å². The van der Waals surface area contributed by atoms with Gasteiger partial charge in [-0.05, 0) is 60.8 Å². The summed E-state index contributed by atoms with van der Waals surface area (Å²) in [6.07, 6.45) is 9.92. The number of benzene rings is 1. The second-order valence-corrected chi connectivity index (χ2v) is 6.75. The van der Waals surface area contributed by atoms with Crippen molar-refractivity contribution < 1.29 is 0 Å². The minimum Gasteiger partial charge on any atom is -0.387 e. The Morgan fingerprint density at radius 2 is 2.26 bits per heavy atom. The molecule has 1 heterocycles. The van der Waals surface area contributed by atoms with Crippen molar-refractivity contribution in [1.29, 1.82) is 5.26 Å². The third kappa shape index (κ3) is 5.87. The van der Waals surface area contributed by atoms with Gasteiger partial charge in [-0.15, -0.1) is 0 Å². The van der Waals surface area contributed by atoms with Gasteiger partial charge < -0.3 is 16.0 Å². The zero-order valence-corrected chi connectivity index (χ0v) is 16.5. The van der Waals surface area contributed by atoms with Gasteiger partial charge in [0.1, 0.15) is 0 Å². The average molecular weight is 363 g/mol. The smallest absolute Gasteiger partial charge is 0.0640 e. The lowest BCUT2D eigenvalue weighted by Crippen LogP contribution is -2.29. The molecule has 0 unspecified atom stereocenters. The molecule has 0 atom stereocenters. The van der Waals surface area contributed by atoms with Crippen LogP contribution in [-0.4, -0.2) is 31.1 Å². The van der Waals surface area contributed by atoms with Gasteiger partial charge in [0, 0.05) is 37.6 Å². The first-order chi connectivity index (χ1) is 13.1. The molecule has 0 aromatic heterocycles. The van der Waals surface area contributed by atoms with E-state index in [1.807, 2.05) is 13.0 Å². The van der Waals surface area contributed by atoms with Gasteiger partial charge in [0.2, 0.25) is 0 Å². The summed E-state index contributed by atoms with van der Waals surface area (Å²) in [4.78, 5) is 2.37. The Kier molecular flexibility index (Phi) is 7.91. The van der Waals surface area contributed by atoms with Gasteiger partial charge in [-0.1, -0.05) is 30.9 Å². The summed E-state index contributed by atoms with van der Waals surface area (Å²) in [5.74, 6) is 0. The molecule has 0 amide bonds. The molecule has 1 aromatic carbocycles. The van der Waals surface area contributed by atoms with E-state index in [2.05, 4.69) is 66.2 Å². The minimum absolute atomic E-state index is 0.497. The van der Waals surface area contributed by atoms with Crippen LogP contribution >= 0.6 is 0 Å². The predicted octanol–water partition coefficient (Wildman–Crippen LogP) is 3.98. The molecule has 3 N–H and O–H groups in total. The zero-order chi connectivity index (χ0) is 19.6. The number of allylic oxidation sites excluding steroid dienone is 2. The van der Waals surface area contributed by atoms with E-state index >= 15 is 0 Å². The first-order valence-electron chi connectivity index (χ1n) is 9.45. The van der Waals surface area contributed by atoms with Crippen molar-refractivity contribution in [2.24, 2.45) is 5.73 Å². The summed E-state index contributed by atoms with van der Waals surface area (Å²) in [5.41, 5.74) is 13.0. The van der Waals surface area contributed by atoms with Crippen LogP contribution in [0.1, 0.15) is 36.5 Å². The number of nitrogens with one attached hydrogen (secondary N) is 1. The number of hydrogen-bond acceptors (Lipinski definition) is 4. The molecular weight excluding hydrogens is 332 g/mol. The molecule has 0 radical (unpaired) electrons. The first-order valence-corrected chi connectivity index (χ1v) is 9.45. The van der Waals surface area contributed by atoms with Crippen LogP contribution in [0.5, 0.6) is 0 Å². The van der Waals surface area contributed by atoms with Gasteiger partial charge in [0.15, 0.2) is 0 Å². The fraction of sp³-hybridized carbons (Fsp3) is 0.348. The number of rotatable bonds is 8. The quantitative estimate of drug-likeness (QED) is 0.542. The summed E-state index contributed by atoms with van der Waals surface area (Å²) in [5, 5.41) is 12.0. The summed E-state index contributed by atoms with van der Waals surface area (Å²) in [6.45, 7) is 11.1. The van der Waals surface area contributed by atoms with Crippen LogP contribution in [0.25, 0.3) is 11.6 Å². The molecule has 0 bridgehead atoms. The van der Waals surface area contributed by atoms with Gasteiger partial charge in [0.05, 0.1) is 12.5 Å². The minimum atomic E-state index is 0.497. The third-order valence-corrected chi connectivity index (χ3v) is 4.69. The van der Waals surface area contributed by atoms with Crippen LogP contribution < -0.4 is 11.1 Å². The molecule has 1 aromatic rings. The topological polar surface area (TPSA) is 65.1 Å². The number of aryl methyl sites for hydroxylation is 1. The second kappa shape index (κ2) is 10.4. The van der Waals surface area contributed by atoms with Crippen molar-refractivity contribution >= 4 is 11.6 Å². The SMILES string of the molecule is C=Cc1ccc(C)c(C2=CCCN(C(/C=C(\C)NCCC#N)=C/CN)C2)c1. The third-order valence-electron chi connectivity index (χ3n) is 4.69. The zero-order valence-electron chi connectivity index (χ0n) is 16.5. The molecule has 0 aliphatic carbocycles. The molecule has 1 aliphatic rings. The van der Waals surface area contributed by atoms with Gasteiger partial charge >= 0.3 is 0 Å². The highest BCUT2D eigenvalue weighted by atomic mass is 15.1. The van der Waals surface area contributed by atoms with Crippen molar-refractivity contribution in [3.8, 4) is 6.07 Å². The number of hydrogen-bond donors (Lipinski definition) is 2. The Labute approximate surface area is 163 Å². The lowest BCUT2D eigenvalue weighted by atomic mass is 9.94. The van der Waals surface area contributed by atoms with Crippen molar-refractivity contribution in [2.75, 3.05) is 26.2 Å². The fourth-order valence-corrected chi connectivity index (χ4v) is 3.26. The normalized spacial score (nSPS) is 15.2. The highest BCUT2D eigenvalue weighted by Gasteiger charge is 2.17. The Hall–Kier alpha value is -2.77. The summed E-state index contributed by atoms with van der Waals surface area (Å²) < 4.78 is 0. The van der Waals surface area contributed by atoms with E-state index in [0.717, 1.165) is 36.5 Å². The molecule has 27 heavy (non-hydrogen) atoms. The fourth-order valence-electron chi connectivity index (χ4n) is 3.26. The van der Waals surface area contributed by atoms with E-state index in [-0.39, 0.29) is 0 Å². The van der Waals surface area contributed by atoms with Crippen LogP contribution in [0.4, 0.5) is 0 Å². The van der Waals surface area contributed by atoms with Crippen molar-refractivity contribution in [2.45, 2.75) is 26.7 Å². The van der Waals surface area contributed by atoms with Gasteiger partial charge in [-0.2, -0.15) is 5.26 Å². The maximum absolute atomic E-state index is 8.69. The summed E-state index contributed by atoms with van der Waals surface area (Å²) in [6, 6.07) is 8.63. The van der Waals surface area contributed by atoms with Crippen LogP contribution in [0.3, 0.4) is 0 Å². The first kappa shape index (κ1) is 20.5. The van der Waals surface area contributed by atoms with Crippen molar-refractivity contribution in [3.63, 3.8) is 0 Å². The molecule has 2 rings (SSSR count). The van der Waals surface area contributed by atoms with Crippen LogP contribution in [-0.2, 0) is 0 Å². The molecular formula is C23H30N4. The molecule has 4 heteroatoms. The highest BCUT2D eigenvalue weighted by molar-refractivity contribution is 5.72. The average Bonchev–Trinajstić information content (AvgIpc) is 2.68. The van der Waals surface area contributed by atoms with Gasteiger partial charge in [-0.3, -0.25) is 0 Å². The van der Waals surface area contributed by atoms with E-state index in [0.29, 0.717) is 19.5 Å². The summed E-state index contributed by atoms with van der Waals surface area (Å²) >= 11 is 0. The van der Waals surface area contributed by atoms with Gasteiger partial charge in [-0.25, -0.2) is 0 Å². The molecule has 4 nitrogen and oxygen atoms in total. The largest absolute Gasteiger partial charge is 0.387 e. The van der Waals surface area contributed by atoms with Crippen molar-refractivity contribution in [1.82, 2.24) is 10.2 Å². The Balaban J connectivity index is 2.20. The highest BCUT2D eigenvalue weighted by Crippen LogP contribution is 2.27.